The summed E-state index contributed by atoms with van der Waals surface area (Å²) in [6.45, 7) is 9.10. The Balaban J connectivity index is 2.96. The van der Waals surface area contributed by atoms with Gasteiger partial charge in [0.05, 0.1) is 0 Å². The van der Waals surface area contributed by atoms with Crippen molar-refractivity contribution in [2.45, 2.75) is 39.5 Å². The monoisotopic (exact) mass is 244 g/mol. The van der Waals surface area contributed by atoms with E-state index in [1.165, 1.54) is 22.4 Å². The molecule has 1 heterocycles. The van der Waals surface area contributed by atoms with Gasteiger partial charge in [-0.1, -0.05) is 39.8 Å². The fraction of sp³-hybridized carbons (Fsp3) is 0.500. The molecule has 2 aromatic rings. The molecule has 0 spiro atoms. The predicted octanol–water partition coefficient (Wildman–Crippen LogP) is 2.74. The van der Waals surface area contributed by atoms with Crippen LogP contribution < -0.4 is 9.13 Å². The highest BCUT2D eigenvalue weighted by Gasteiger charge is 2.32. The van der Waals surface area contributed by atoms with Gasteiger partial charge in [0.2, 0.25) is 0 Å². The summed E-state index contributed by atoms with van der Waals surface area (Å²) in [6, 6.07) is 8.62. The zero-order valence-corrected chi connectivity index (χ0v) is 12.4. The van der Waals surface area contributed by atoms with Crippen molar-refractivity contribution < 1.29 is 9.13 Å². The van der Waals surface area contributed by atoms with Gasteiger partial charge in [-0.2, -0.15) is 9.13 Å². The van der Waals surface area contributed by atoms with Crippen LogP contribution in [0, 0.1) is 0 Å². The molecule has 18 heavy (non-hydrogen) atoms. The maximum absolute atomic E-state index is 2.36. The molecule has 96 valence electrons. The van der Waals surface area contributed by atoms with Crippen molar-refractivity contribution in [2.75, 3.05) is 0 Å². The third-order valence-electron chi connectivity index (χ3n) is 3.68. The summed E-state index contributed by atoms with van der Waals surface area (Å²) < 4.78 is 4.71. The van der Waals surface area contributed by atoms with Crippen molar-refractivity contribution in [3.8, 4) is 0 Å². The number of hydrogen-bond donors (Lipinski definition) is 0. The van der Waals surface area contributed by atoms with E-state index >= 15 is 0 Å². The summed E-state index contributed by atoms with van der Waals surface area (Å²) >= 11 is 0. The highest BCUT2D eigenvalue weighted by atomic mass is 15.1. The van der Waals surface area contributed by atoms with Gasteiger partial charge in [0.15, 0.2) is 0 Å². The van der Waals surface area contributed by atoms with Crippen LogP contribution in [0.5, 0.6) is 0 Å². The molecule has 2 heteroatoms. The Bertz CT molecular complexity index is 531. The second kappa shape index (κ2) is 4.68. The first kappa shape index (κ1) is 13.0. The van der Waals surface area contributed by atoms with Gasteiger partial charge in [0.1, 0.15) is 14.1 Å². The Morgan fingerprint density at radius 1 is 0.722 bits per heavy atom. The van der Waals surface area contributed by atoms with Crippen LogP contribution in [0.4, 0.5) is 0 Å². The van der Waals surface area contributed by atoms with Gasteiger partial charge in [-0.05, 0) is 0 Å². The van der Waals surface area contributed by atoms with Gasteiger partial charge >= 0.3 is 0 Å². The van der Waals surface area contributed by atoms with Gasteiger partial charge in [0.25, 0.3) is 22.4 Å². The molecule has 0 saturated heterocycles. The molecule has 0 fully saturated rings. The van der Waals surface area contributed by atoms with Crippen LogP contribution >= 0.6 is 0 Å². The van der Waals surface area contributed by atoms with Gasteiger partial charge < -0.3 is 0 Å². The first-order valence-electron chi connectivity index (χ1n) is 6.75. The molecule has 2 nitrogen and oxygen atoms in total. The number of fused-ring (bicyclic) bond motifs is 1. The minimum absolute atomic E-state index is 0.531. The lowest BCUT2D eigenvalue weighted by Crippen LogP contribution is -2.48. The van der Waals surface area contributed by atoms with E-state index in [1.54, 1.807) is 0 Å². The lowest BCUT2D eigenvalue weighted by molar-refractivity contribution is -0.705. The number of rotatable bonds is 2. The van der Waals surface area contributed by atoms with E-state index in [4.69, 9.17) is 0 Å². The van der Waals surface area contributed by atoms with Crippen molar-refractivity contribution in [3.63, 3.8) is 0 Å². The van der Waals surface area contributed by atoms with Gasteiger partial charge in [-0.15, -0.1) is 0 Å². The van der Waals surface area contributed by atoms with E-state index in [1.807, 2.05) is 0 Å². The van der Waals surface area contributed by atoms with Crippen LogP contribution in [0.2, 0.25) is 0 Å². The summed E-state index contributed by atoms with van der Waals surface area (Å²) in [5, 5.41) is 0. The summed E-state index contributed by atoms with van der Waals surface area (Å²) in [5.74, 6) is 1.06. The maximum Gasteiger partial charge on any atom is 0.277 e. The Labute approximate surface area is 110 Å². The number of aromatic nitrogens is 2. The average Bonchev–Trinajstić information content (AvgIpc) is 2.32. The number of benzene rings is 1. The molecular formula is C16H24N2+2. The molecule has 2 rings (SSSR count). The zero-order valence-electron chi connectivity index (χ0n) is 12.4. The van der Waals surface area contributed by atoms with Crippen LogP contribution in [0.3, 0.4) is 0 Å². The van der Waals surface area contributed by atoms with Gasteiger partial charge in [-0.25, -0.2) is 0 Å². The third-order valence-corrected chi connectivity index (χ3v) is 3.68. The Kier molecular flexibility index (Phi) is 3.38. The molecule has 0 atom stereocenters. The van der Waals surface area contributed by atoms with E-state index in [0.717, 1.165) is 0 Å². The summed E-state index contributed by atoms with van der Waals surface area (Å²) in [5.41, 5.74) is 5.47. The molecule has 1 aromatic carbocycles. The van der Waals surface area contributed by atoms with E-state index in [2.05, 4.69) is 75.2 Å². The first-order chi connectivity index (χ1) is 8.45. The van der Waals surface area contributed by atoms with Crippen LogP contribution in [0.1, 0.15) is 50.9 Å². The molecule has 0 radical (unpaired) electrons. The predicted molar refractivity (Wildman–Crippen MR) is 74.5 cm³/mol. The molecule has 0 aliphatic carbocycles. The molecule has 0 N–H and O–H groups in total. The fourth-order valence-electron chi connectivity index (χ4n) is 3.00. The second-order valence-electron chi connectivity index (χ2n) is 5.69. The lowest BCUT2D eigenvalue weighted by atomic mass is 9.98. The van der Waals surface area contributed by atoms with Crippen molar-refractivity contribution >= 4 is 11.0 Å². The van der Waals surface area contributed by atoms with Crippen LogP contribution in [0.25, 0.3) is 11.0 Å². The largest absolute Gasteiger partial charge is 0.277 e. The molecule has 0 amide bonds. The molecule has 0 unspecified atom stereocenters. The standard InChI is InChI=1S/C16H24N2/c1-11(2)15-16(12(3)4)18(6)14-10-8-7-9-13(14)17(15)5/h7-12H,1-6H3/q+2. The third kappa shape index (κ3) is 1.90. The van der Waals surface area contributed by atoms with Crippen molar-refractivity contribution in [3.05, 3.63) is 35.7 Å². The van der Waals surface area contributed by atoms with Gasteiger partial charge in [0, 0.05) is 24.0 Å². The van der Waals surface area contributed by atoms with E-state index in [9.17, 15) is 0 Å². The van der Waals surface area contributed by atoms with E-state index < -0.39 is 0 Å². The molecule has 0 aliphatic rings. The normalized spacial score (nSPS) is 11.8. The fourth-order valence-corrected chi connectivity index (χ4v) is 3.00. The summed E-state index contributed by atoms with van der Waals surface area (Å²) in [6.07, 6.45) is 0. The minimum atomic E-state index is 0.531. The van der Waals surface area contributed by atoms with Crippen molar-refractivity contribution in [2.24, 2.45) is 14.1 Å². The number of para-hydroxylation sites is 2. The Hall–Kier alpha value is -1.44. The summed E-state index contributed by atoms with van der Waals surface area (Å²) in [4.78, 5) is 0. The van der Waals surface area contributed by atoms with Crippen molar-refractivity contribution in [1.82, 2.24) is 0 Å². The van der Waals surface area contributed by atoms with E-state index in [0.29, 0.717) is 11.8 Å². The van der Waals surface area contributed by atoms with E-state index in [-0.39, 0.29) is 0 Å². The van der Waals surface area contributed by atoms with Crippen LogP contribution in [-0.2, 0) is 14.1 Å². The highest BCUT2D eigenvalue weighted by molar-refractivity contribution is 5.67. The SMILES string of the molecule is CC(C)c1c(C(C)C)[n+](C)c2ccccc2[n+]1C. The topological polar surface area (TPSA) is 7.76 Å². The lowest BCUT2D eigenvalue weighted by Gasteiger charge is -2.12. The van der Waals surface area contributed by atoms with Crippen LogP contribution in [0.15, 0.2) is 24.3 Å². The average molecular weight is 244 g/mol. The quantitative estimate of drug-likeness (QED) is 0.718. The van der Waals surface area contributed by atoms with Crippen LogP contribution in [-0.4, -0.2) is 0 Å². The minimum Gasteiger partial charge on any atom is -0.187 e. The smallest absolute Gasteiger partial charge is 0.187 e. The number of nitrogens with zero attached hydrogens (tertiary/aromatic N) is 2. The maximum atomic E-state index is 2.36. The molecule has 0 saturated carbocycles. The zero-order chi connectivity index (χ0) is 13.4. The Morgan fingerprint density at radius 3 is 1.33 bits per heavy atom. The number of hydrogen-bond acceptors (Lipinski definition) is 0. The molecule has 1 aromatic heterocycles. The number of aryl methyl sites for hydroxylation is 2. The van der Waals surface area contributed by atoms with Crippen molar-refractivity contribution in [1.29, 1.82) is 0 Å². The molecule has 0 aliphatic heterocycles. The highest BCUT2D eigenvalue weighted by Crippen LogP contribution is 2.22. The molecule has 0 bridgehead atoms. The second-order valence-corrected chi connectivity index (χ2v) is 5.69. The molecular weight excluding hydrogens is 220 g/mol. The summed E-state index contributed by atoms with van der Waals surface area (Å²) in [7, 11) is 4.37. The first-order valence-corrected chi connectivity index (χ1v) is 6.75. The Morgan fingerprint density at radius 2 is 1.06 bits per heavy atom. The van der Waals surface area contributed by atoms with Gasteiger partial charge in [-0.3, -0.25) is 0 Å².